The van der Waals surface area contributed by atoms with Crippen molar-refractivity contribution in [2.75, 3.05) is 0 Å². The summed E-state index contributed by atoms with van der Waals surface area (Å²) in [5.41, 5.74) is 8.35. The Labute approximate surface area is 139 Å². The average Bonchev–Trinajstić information content (AvgIpc) is 2.69. The minimum Gasteiger partial charge on any atom is -0.327 e. The first-order valence-electron chi connectivity index (χ1n) is 6.83. The molecule has 0 aliphatic carbocycles. The number of nitrogens with two attached hydrogens (primary N) is 1. The molecule has 0 aliphatic rings. The lowest BCUT2D eigenvalue weighted by Crippen LogP contribution is -2.21. The Hall–Kier alpha value is -0.680. The third kappa shape index (κ3) is 3.95. The van der Waals surface area contributed by atoms with Crippen LogP contribution in [0.15, 0.2) is 28.1 Å². The molecule has 0 fully saturated rings. The van der Waals surface area contributed by atoms with Crippen LogP contribution in [0.2, 0.25) is 10.0 Å². The fourth-order valence-electron chi connectivity index (χ4n) is 2.10. The summed E-state index contributed by atoms with van der Waals surface area (Å²) in [6, 6.07) is 5.80. The molecule has 2 N–H and O–H groups in total. The van der Waals surface area contributed by atoms with Crippen molar-refractivity contribution in [3.05, 3.63) is 39.5 Å². The van der Waals surface area contributed by atoms with Crippen LogP contribution in [-0.4, -0.2) is 15.8 Å². The summed E-state index contributed by atoms with van der Waals surface area (Å²) in [7, 11) is 1.95. The van der Waals surface area contributed by atoms with E-state index >= 15 is 0 Å². The third-order valence-corrected chi connectivity index (χ3v) is 5.32. The van der Waals surface area contributed by atoms with E-state index in [4.69, 9.17) is 28.9 Å². The number of aryl methyl sites for hydroxylation is 2. The van der Waals surface area contributed by atoms with E-state index in [2.05, 4.69) is 12.0 Å². The SMILES string of the molecule is CCC(N)Cc1c(C)nn(C)c1Sc1ccc(Cl)c(Cl)c1. The van der Waals surface area contributed by atoms with Gasteiger partial charge in [-0.3, -0.25) is 4.68 Å². The van der Waals surface area contributed by atoms with E-state index in [0.717, 1.165) is 28.5 Å². The molecule has 1 atom stereocenters. The number of benzene rings is 1. The lowest BCUT2D eigenvalue weighted by Gasteiger charge is -2.11. The van der Waals surface area contributed by atoms with Crippen LogP contribution in [0.25, 0.3) is 0 Å². The van der Waals surface area contributed by atoms with Crippen molar-refractivity contribution in [1.82, 2.24) is 9.78 Å². The zero-order valence-corrected chi connectivity index (χ0v) is 14.7. The minimum absolute atomic E-state index is 0.154. The van der Waals surface area contributed by atoms with Crippen LogP contribution in [0.1, 0.15) is 24.6 Å². The molecule has 2 rings (SSSR count). The van der Waals surface area contributed by atoms with Crippen LogP contribution in [0.5, 0.6) is 0 Å². The van der Waals surface area contributed by atoms with Gasteiger partial charge in [0.05, 0.1) is 15.7 Å². The number of nitrogens with zero attached hydrogens (tertiary/aromatic N) is 2. The van der Waals surface area contributed by atoms with Gasteiger partial charge in [-0.25, -0.2) is 0 Å². The molecule has 114 valence electrons. The first-order valence-corrected chi connectivity index (χ1v) is 8.40. The van der Waals surface area contributed by atoms with Crippen molar-refractivity contribution in [3.8, 4) is 0 Å². The Morgan fingerprint density at radius 2 is 2.05 bits per heavy atom. The van der Waals surface area contributed by atoms with Crippen molar-refractivity contribution in [2.45, 2.75) is 42.7 Å². The van der Waals surface area contributed by atoms with Crippen molar-refractivity contribution < 1.29 is 0 Å². The summed E-state index contributed by atoms with van der Waals surface area (Å²) < 4.78 is 1.90. The Kier molecular flexibility index (Phi) is 5.60. The Morgan fingerprint density at radius 1 is 1.33 bits per heavy atom. The first kappa shape index (κ1) is 16.7. The van der Waals surface area contributed by atoms with E-state index in [1.807, 2.05) is 36.9 Å². The van der Waals surface area contributed by atoms with E-state index in [-0.39, 0.29) is 6.04 Å². The highest BCUT2D eigenvalue weighted by Crippen LogP contribution is 2.35. The van der Waals surface area contributed by atoms with Gasteiger partial charge in [0.2, 0.25) is 0 Å². The Morgan fingerprint density at radius 3 is 2.67 bits per heavy atom. The lowest BCUT2D eigenvalue weighted by molar-refractivity contribution is 0.631. The predicted octanol–water partition coefficient (Wildman–Crippen LogP) is 4.47. The molecule has 2 aromatic rings. The fourth-order valence-corrected chi connectivity index (χ4v) is 3.53. The van der Waals surface area contributed by atoms with Gasteiger partial charge in [0.15, 0.2) is 0 Å². The Bertz CT molecular complexity index is 640. The van der Waals surface area contributed by atoms with E-state index < -0.39 is 0 Å². The molecule has 21 heavy (non-hydrogen) atoms. The number of hydrogen-bond acceptors (Lipinski definition) is 3. The van der Waals surface area contributed by atoms with Crippen molar-refractivity contribution in [2.24, 2.45) is 12.8 Å². The van der Waals surface area contributed by atoms with Gasteiger partial charge in [0.1, 0.15) is 5.03 Å². The molecule has 0 radical (unpaired) electrons. The van der Waals surface area contributed by atoms with Crippen molar-refractivity contribution >= 4 is 35.0 Å². The van der Waals surface area contributed by atoms with Crippen molar-refractivity contribution in [3.63, 3.8) is 0 Å². The molecule has 6 heteroatoms. The topological polar surface area (TPSA) is 43.8 Å². The van der Waals surface area contributed by atoms with Gasteiger partial charge in [-0.15, -0.1) is 0 Å². The molecule has 1 aromatic heterocycles. The summed E-state index contributed by atoms with van der Waals surface area (Å²) >= 11 is 13.7. The van der Waals surface area contributed by atoms with Gasteiger partial charge in [-0.2, -0.15) is 5.10 Å². The predicted molar refractivity (Wildman–Crippen MR) is 90.5 cm³/mol. The molecule has 1 aromatic carbocycles. The fraction of sp³-hybridized carbons (Fsp3) is 0.400. The standard InChI is InChI=1S/C15H19Cl2N3S/c1-4-10(18)7-12-9(2)19-20(3)15(12)21-11-5-6-13(16)14(17)8-11/h5-6,8,10H,4,7,18H2,1-3H3. The van der Waals surface area contributed by atoms with Gasteiger partial charge in [-0.1, -0.05) is 41.9 Å². The molecular formula is C15H19Cl2N3S. The van der Waals surface area contributed by atoms with Gasteiger partial charge in [-0.05, 0) is 38.0 Å². The first-order chi connectivity index (χ1) is 9.92. The van der Waals surface area contributed by atoms with Crippen LogP contribution < -0.4 is 5.73 Å². The molecule has 0 bridgehead atoms. The molecule has 0 saturated heterocycles. The monoisotopic (exact) mass is 343 g/mol. The highest BCUT2D eigenvalue weighted by atomic mass is 35.5. The van der Waals surface area contributed by atoms with Crippen molar-refractivity contribution in [1.29, 1.82) is 0 Å². The maximum Gasteiger partial charge on any atom is 0.102 e. The second-order valence-corrected chi connectivity index (χ2v) is 6.92. The summed E-state index contributed by atoms with van der Waals surface area (Å²) in [6.45, 7) is 4.12. The van der Waals surface area contributed by atoms with Crippen LogP contribution in [0.4, 0.5) is 0 Å². The van der Waals surface area contributed by atoms with Crippen LogP contribution >= 0.6 is 35.0 Å². The summed E-state index contributed by atoms with van der Waals surface area (Å²) in [6.07, 6.45) is 1.78. The molecule has 1 heterocycles. The van der Waals surface area contributed by atoms with Crippen LogP contribution in [-0.2, 0) is 13.5 Å². The van der Waals surface area contributed by atoms with Gasteiger partial charge >= 0.3 is 0 Å². The largest absolute Gasteiger partial charge is 0.327 e. The molecule has 0 aliphatic heterocycles. The van der Waals surface area contributed by atoms with Gasteiger partial charge in [0, 0.05) is 23.5 Å². The van der Waals surface area contributed by atoms with E-state index in [9.17, 15) is 0 Å². The number of rotatable bonds is 5. The molecule has 0 saturated carbocycles. The quantitative estimate of drug-likeness (QED) is 0.870. The normalized spacial score (nSPS) is 12.7. The zero-order valence-electron chi connectivity index (χ0n) is 12.4. The summed E-state index contributed by atoms with van der Waals surface area (Å²) in [5.74, 6) is 0. The number of aromatic nitrogens is 2. The second kappa shape index (κ2) is 7.05. The van der Waals surface area contributed by atoms with Gasteiger partial charge in [0.25, 0.3) is 0 Å². The lowest BCUT2D eigenvalue weighted by atomic mass is 10.1. The molecule has 0 spiro atoms. The smallest absolute Gasteiger partial charge is 0.102 e. The minimum atomic E-state index is 0.154. The van der Waals surface area contributed by atoms with E-state index in [1.165, 1.54) is 5.56 Å². The Balaban J connectivity index is 2.32. The maximum absolute atomic E-state index is 6.10. The number of hydrogen-bond donors (Lipinski definition) is 1. The molecule has 1 unspecified atom stereocenters. The van der Waals surface area contributed by atoms with Crippen LogP contribution in [0.3, 0.4) is 0 Å². The zero-order chi connectivity index (χ0) is 15.6. The summed E-state index contributed by atoms with van der Waals surface area (Å²) in [5, 5.41) is 6.75. The van der Waals surface area contributed by atoms with Gasteiger partial charge < -0.3 is 5.73 Å². The van der Waals surface area contributed by atoms with E-state index in [0.29, 0.717) is 10.0 Å². The maximum atomic E-state index is 6.10. The average molecular weight is 344 g/mol. The number of halogens is 2. The van der Waals surface area contributed by atoms with Crippen LogP contribution in [0, 0.1) is 6.92 Å². The third-order valence-electron chi connectivity index (χ3n) is 3.39. The molecular weight excluding hydrogens is 325 g/mol. The highest BCUT2D eigenvalue weighted by Gasteiger charge is 2.17. The second-order valence-electron chi connectivity index (χ2n) is 5.04. The molecule has 3 nitrogen and oxygen atoms in total. The van der Waals surface area contributed by atoms with E-state index in [1.54, 1.807) is 11.8 Å². The molecule has 0 amide bonds. The summed E-state index contributed by atoms with van der Waals surface area (Å²) in [4.78, 5) is 1.04. The highest BCUT2D eigenvalue weighted by molar-refractivity contribution is 7.99.